The molecule has 0 fully saturated rings. The van der Waals surface area contributed by atoms with E-state index in [-0.39, 0.29) is 17.8 Å². The van der Waals surface area contributed by atoms with Crippen LogP contribution in [0.3, 0.4) is 0 Å². The van der Waals surface area contributed by atoms with E-state index in [4.69, 9.17) is 0 Å². The van der Waals surface area contributed by atoms with E-state index in [0.717, 1.165) is 29.7 Å². The van der Waals surface area contributed by atoms with Crippen LogP contribution in [0.15, 0.2) is 36.5 Å². The van der Waals surface area contributed by atoms with Crippen molar-refractivity contribution < 1.29 is 4.39 Å². The van der Waals surface area contributed by atoms with Gasteiger partial charge in [-0.05, 0) is 61.7 Å². The van der Waals surface area contributed by atoms with Crippen LogP contribution in [0.5, 0.6) is 0 Å². The first kappa shape index (κ1) is 13.3. The molecule has 0 bridgehead atoms. The third-order valence-corrected chi connectivity index (χ3v) is 4.28. The van der Waals surface area contributed by atoms with Crippen LogP contribution in [-0.2, 0) is 6.42 Å². The van der Waals surface area contributed by atoms with Gasteiger partial charge in [-0.3, -0.25) is 4.98 Å². The Balaban J connectivity index is 2.09. The molecule has 0 spiro atoms. The standard InChI is InChI=1S/C17H19FN2/c1-11(19-2)14-8-6-13(18)10-16(14)15-7-5-12-4-3-9-20-17(12)15/h3-4,6,8-11,15,19H,5,7H2,1-2H3. The average Bonchev–Trinajstić information content (AvgIpc) is 2.90. The van der Waals surface area contributed by atoms with Gasteiger partial charge in [0.1, 0.15) is 5.82 Å². The summed E-state index contributed by atoms with van der Waals surface area (Å²) in [6, 6.07) is 9.43. The summed E-state index contributed by atoms with van der Waals surface area (Å²) in [5.41, 5.74) is 4.65. The summed E-state index contributed by atoms with van der Waals surface area (Å²) >= 11 is 0. The second-order valence-electron chi connectivity index (χ2n) is 5.42. The number of rotatable bonds is 3. The number of nitrogens with zero attached hydrogens (tertiary/aromatic N) is 1. The van der Waals surface area contributed by atoms with Gasteiger partial charge in [0.25, 0.3) is 0 Å². The van der Waals surface area contributed by atoms with Crippen molar-refractivity contribution in [3.8, 4) is 0 Å². The van der Waals surface area contributed by atoms with Gasteiger partial charge >= 0.3 is 0 Å². The van der Waals surface area contributed by atoms with E-state index in [0.29, 0.717) is 0 Å². The number of hydrogen-bond donors (Lipinski definition) is 1. The smallest absolute Gasteiger partial charge is 0.123 e. The predicted molar refractivity (Wildman–Crippen MR) is 78.3 cm³/mol. The highest BCUT2D eigenvalue weighted by Gasteiger charge is 2.28. The van der Waals surface area contributed by atoms with Crippen LogP contribution in [0.2, 0.25) is 0 Å². The Morgan fingerprint density at radius 2 is 2.20 bits per heavy atom. The van der Waals surface area contributed by atoms with Gasteiger partial charge in [0.15, 0.2) is 0 Å². The molecule has 1 heterocycles. The fraction of sp³-hybridized carbons (Fsp3) is 0.353. The first-order valence-corrected chi connectivity index (χ1v) is 7.11. The molecule has 2 aromatic rings. The zero-order chi connectivity index (χ0) is 14.1. The Bertz CT molecular complexity index is 624. The lowest BCUT2D eigenvalue weighted by Gasteiger charge is -2.20. The number of benzene rings is 1. The summed E-state index contributed by atoms with van der Waals surface area (Å²) in [5, 5.41) is 3.25. The summed E-state index contributed by atoms with van der Waals surface area (Å²) in [6.45, 7) is 2.10. The van der Waals surface area contributed by atoms with Crippen molar-refractivity contribution in [2.45, 2.75) is 31.7 Å². The highest BCUT2D eigenvalue weighted by molar-refractivity contribution is 5.43. The molecule has 1 aliphatic carbocycles. The molecule has 0 saturated heterocycles. The Hall–Kier alpha value is -1.74. The summed E-state index contributed by atoms with van der Waals surface area (Å²) in [5.74, 6) is 0.0455. The van der Waals surface area contributed by atoms with Gasteiger partial charge in [-0.25, -0.2) is 4.39 Å². The second kappa shape index (κ2) is 5.33. The monoisotopic (exact) mass is 270 g/mol. The number of halogens is 1. The van der Waals surface area contributed by atoms with Gasteiger partial charge in [0, 0.05) is 18.2 Å². The Morgan fingerprint density at radius 3 is 3.00 bits per heavy atom. The zero-order valence-electron chi connectivity index (χ0n) is 11.9. The topological polar surface area (TPSA) is 24.9 Å². The van der Waals surface area contributed by atoms with E-state index in [1.54, 1.807) is 12.1 Å². The molecule has 3 rings (SSSR count). The van der Waals surface area contributed by atoms with Gasteiger partial charge in [-0.15, -0.1) is 0 Å². The maximum Gasteiger partial charge on any atom is 0.123 e. The van der Waals surface area contributed by atoms with Crippen LogP contribution in [-0.4, -0.2) is 12.0 Å². The van der Waals surface area contributed by atoms with Gasteiger partial charge < -0.3 is 5.32 Å². The van der Waals surface area contributed by atoms with Crippen LogP contribution >= 0.6 is 0 Å². The summed E-state index contributed by atoms with van der Waals surface area (Å²) in [4.78, 5) is 4.53. The minimum absolute atomic E-state index is 0.170. The molecule has 1 aliphatic rings. The van der Waals surface area contributed by atoms with Crippen molar-refractivity contribution in [1.29, 1.82) is 0 Å². The summed E-state index contributed by atoms with van der Waals surface area (Å²) < 4.78 is 13.7. The van der Waals surface area contributed by atoms with E-state index < -0.39 is 0 Å². The molecule has 3 heteroatoms. The Kier molecular flexibility index (Phi) is 3.53. The molecule has 1 aromatic heterocycles. The van der Waals surface area contributed by atoms with Crippen LogP contribution in [0, 0.1) is 5.82 Å². The summed E-state index contributed by atoms with van der Waals surface area (Å²) in [6.07, 6.45) is 3.87. The van der Waals surface area contributed by atoms with Gasteiger partial charge in [-0.1, -0.05) is 12.1 Å². The predicted octanol–water partition coefficient (Wildman–Crippen LogP) is 3.58. The van der Waals surface area contributed by atoms with Crippen LogP contribution in [0.1, 0.15) is 47.7 Å². The van der Waals surface area contributed by atoms with Gasteiger partial charge in [0.05, 0.1) is 5.69 Å². The third kappa shape index (κ3) is 2.22. The minimum atomic E-state index is -0.170. The van der Waals surface area contributed by atoms with Crippen molar-refractivity contribution >= 4 is 0 Å². The summed E-state index contributed by atoms with van der Waals surface area (Å²) in [7, 11) is 1.93. The van der Waals surface area contributed by atoms with Crippen molar-refractivity contribution in [2.75, 3.05) is 7.05 Å². The maximum atomic E-state index is 13.7. The van der Waals surface area contributed by atoms with E-state index in [9.17, 15) is 4.39 Å². The molecule has 1 aromatic carbocycles. The molecule has 0 radical (unpaired) electrons. The lowest BCUT2D eigenvalue weighted by molar-refractivity contribution is 0.603. The van der Waals surface area contributed by atoms with E-state index in [1.165, 1.54) is 5.56 Å². The number of aryl methyl sites for hydroxylation is 1. The molecular formula is C17H19FN2. The quantitative estimate of drug-likeness (QED) is 0.922. The molecule has 0 aliphatic heterocycles. The van der Waals surface area contributed by atoms with Crippen molar-refractivity contribution in [3.05, 3.63) is 64.7 Å². The zero-order valence-corrected chi connectivity index (χ0v) is 11.9. The average molecular weight is 270 g/mol. The lowest BCUT2D eigenvalue weighted by Crippen LogP contribution is -2.16. The molecule has 2 nitrogen and oxygen atoms in total. The number of fused-ring (bicyclic) bond motifs is 1. The number of pyridine rings is 1. The molecule has 2 atom stereocenters. The van der Waals surface area contributed by atoms with Crippen LogP contribution in [0.4, 0.5) is 4.39 Å². The highest BCUT2D eigenvalue weighted by Crippen LogP contribution is 2.39. The number of aromatic nitrogens is 1. The third-order valence-electron chi connectivity index (χ3n) is 4.28. The van der Waals surface area contributed by atoms with Crippen molar-refractivity contribution in [1.82, 2.24) is 10.3 Å². The van der Waals surface area contributed by atoms with Crippen molar-refractivity contribution in [3.63, 3.8) is 0 Å². The number of hydrogen-bond acceptors (Lipinski definition) is 2. The van der Waals surface area contributed by atoms with Gasteiger partial charge in [0.2, 0.25) is 0 Å². The van der Waals surface area contributed by atoms with E-state index >= 15 is 0 Å². The normalized spacial score (nSPS) is 18.9. The molecule has 2 unspecified atom stereocenters. The van der Waals surface area contributed by atoms with Crippen LogP contribution < -0.4 is 5.32 Å². The van der Waals surface area contributed by atoms with E-state index in [1.807, 2.05) is 25.4 Å². The van der Waals surface area contributed by atoms with Crippen molar-refractivity contribution in [2.24, 2.45) is 0 Å². The molecular weight excluding hydrogens is 251 g/mol. The SMILES string of the molecule is CNC(C)c1ccc(F)cc1C1CCc2cccnc21. The fourth-order valence-corrected chi connectivity index (χ4v) is 3.11. The van der Waals surface area contributed by atoms with Crippen LogP contribution in [0.25, 0.3) is 0 Å². The Labute approximate surface area is 119 Å². The minimum Gasteiger partial charge on any atom is -0.313 e. The molecule has 20 heavy (non-hydrogen) atoms. The van der Waals surface area contributed by atoms with E-state index in [2.05, 4.69) is 23.3 Å². The highest BCUT2D eigenvalue weighted by atomic mass is 19.1. The Morgan fingerprint density at radius 1 is 1.35 bits per heavy atom. The molecule has 104 valence electrons. The molecule has 0 amide bonds. The maximum absolute atomic E-state index is 13.7. The molecule has 1 N–H and O–H groups in total. The fourth-order valence-electron chi connectivity index (χ4n) is 3.11. The lowest BCUT2D eigenvalue weighted by atomic mass is 9.89. The molecule has 0 saturated carbocycles. The first-order chi connectivity index (χ1) is 9.70. The van der Waals surface area contributed by atoms with Gasteiger partial charge in [-0.2, -0.15) is 0 Å². The largest absolute Gasteiger partial charge is 0.313 e. The second-order valence-corrected chi connectivity index (χ2v) is 5.42. The number of nitrogens with one attached hydrogen (secondary N) is 1. The first-order valence-electron chi connectivity index (χ1n) is 7.11.